The lowest BCUT2D eigenvalue weighted by atomic mass is 10.1. The van der Waals surface area contributed by atoms with Crippen LogP contribution in [0.15, 0.2) is 53.0 Å². The summed E-state index contributed by atoms with van der Waals surface area (Å²) in [6.45, 7) is 3.05. The van der Waals surface area contributed by atoms with Crippen LogP contribution in [0.5, 0.6) is 0 Å². The molecule has 9 heteroatoms. The van der Waals surface area contributed by atoms with Gasteiger partial charge in [-0.1, -0.05) is 40.2 Å². The van der Waals surface area contributed by atoms with E-state index in [9.17, 15) is 0 Å². The molecule has 1 aromatic heterocycles. The third-order valence-corrected chi connectivity index (χ3v) is 6.43. The highest BCUT2D eigenvalue weighted by atomic mass is 79.9. The Bertz CT molecular complexity index is 1010. The summed E-state index contributed by atoms with van der Waals surface area (Å²) in [5.74, 6) is -3.04. The molecule has 0 aliphatic carbocycles. The fraction of sp³-hybridized carbons (Fsp3) is 0.318. The fourth-order valence-corrected chi connectivity index (χ4v) is 4.84. The number of carboxylic acids is 2. The number of benzene rings is 2. The normalized spacial score (nSPS) is 17.2. The van der Waals surface area contributed by atoms with Crippen LogP contribution in [-0.4, -0.2) is 58.8 Å². The monoisotopic (exact) mass is 506 g/mol. The van der Waals surface area contributed by atoms with E-state index in [2.05, 4.69) is 64.3 Å². The van der Waals surface area contributed by atoms with E-state index in [4.69, 9.17) is 29.5 Å². The summed E-state index contributed by atoms with van der Waals surface area (Å²) in [4.78, 5) is 25.4. The molecule has 2 aromatic carbocycles. The predicted molar refractivity (Wildman–Crippen MR) is 122 cm³/mol. The summed E-state index contributed by atoms with van der Waals surface area (Å²) in [5.41, 5.74) is 2.20. The van der Waals surface area contributed by atoms with Crippen molar-refractivity contribution in [1.29, 1.82) is 0 Å². The van der Waals surface area contributed by atoms with E-state index in [1.807, 2.05) is 12.1 Å². The quantitative estimate of drug-likeness (QED) is 0.498. The highest BCUT2D eigenvalue weighted by Gasteiger charge is 2.24. The number of rotatable bonds is 5. The van der Waals surface area contributed by atoms with Crippen LogP contribution in [0.1, 0.15) is 23.1 Å². The van der Waals surface area contributed by atoms with Crippen molar-refractivity contribution in [1.82, 2.24) is 9.88 Å². The van der Waals surface area contributed by atoms with Crippen molar-refractivity contribution in [3.8, 4) is 0 Å². The molecule has 0 bridgehead atoms. The molecule has 1 aliphatic heterocycles. The van der Waals surface area contributed by atoms with Gasteiger partial charge in [0.1, 0.15) is 11.1 Å². The lowest BCUT2D eigenvalue weighted by Crippen LogP contribution is -2.18. The molecule has 31 heavy (non-hydrogen) atoms. The highest BCUT2D eigenvalue weighted by molar-refractivity contribution is 9.10. The van der Waals surface area contributed by atoms with E-state index < -0.39 is 11.9 Å². The Labute approximate surface area is 192 Å². The van der Waals surface area contributed by atoms with Gasteiger partial charge in [0.05, 0.1) is 16.8 Å². The van der Waals surface area contributed by atoms with Gasteiger partial charge < -0.3 is 19.8 Å². The Morgan fingerprint density at radius 1 is 1.23 bits per heavy atom. The highest BCUT2D eigenvalue weighted by Crippen LogP contribution is 2.34. The number of carbonyl (C=O) groups is 2. The van der Waals surface area contributed by atoms with Gasteiger partial charge in [-0.2, -0.15) is 0 Å². The minimum absolute atomic E-state index is 0.110. The molecule has 2 unspecified atom stereocenters. The van der Waals surface area contributed by atoms with Crippen molar-refractivity contribution in [3.05, 3.63) is 63.6 Å². The number of hydrogen-bond acceptors (Lipinski definition) is 6. The van der Waals surface area contributed by atoms with Crippen molar-refractivity contribution < 1.29 is 24.5 Å². The molecule has 1 saturated heterocycles. The number of para-hydroxylation sites is 1. The average Bonchev–Trinajstić information content (AvgIpc) is 3.34. The number of thiazole rings is 1. The third kappa shape index (κ3) is 6.57. The number of carboxylic acid groups (broad SMARTS) is 2. The Balaban J connectivity index is 0.000000401. The zero-order valence-corrected chi connectivity index (χ0v) is 19.3. The van der Waals surface area contributed by atoms with E-state index in [1.165, 1.54) is 11.1 Å². The number of ether oxygens (including phenoxy) is 1. The van der Waals surface area contributed by atoms with Crippen LogP contribution < -0.4 is 0 Å². The zero-order valence-electron chi connectivity index (χ0n) is 16.9. The molecule has 2 heterocycles. The molecule has 0 radical (unpaired) electrons. The number of likely N-dealkylation sites (tertiary alicyclic amines) is 1. The molecule has 0 amide bonds. The van der Waals surface area contributed by atoms with Crippen molar-refractivity contribution in [3.63, 3.8) is 0 Å². The largest absolute Gasteiger partial charge is 0.473 e. The van der Waals surface area contributed by atoms with E-state index in [-0.39, 0.29) is 6.10 Å². The standard InChI is InChI=1S/C20H21BrN2OS.C2H2O4/c1-23-10-9-14(12-23)13-24-19(15-5-4-6-16(21)11-15)20-22-17-7-2-3-8-18(17)25-20;3-1(4)2(5)6/h2-8,11,14,19H,9-10,12-13H2,1H3;(H,3,4)(H,5,6). The summed E-state index contributed by atoms with van der Waals surface area (Å²) in [6.07, 6.45) is 1.10. The molecule has 1 aliphatic rings. The van der Waals surface area contributed by atoms with Gasteiger partial charge in [0.25, 0.3) is 0 Å². The molecule has 2 N–H and O–H groups in total. The summed E-state index contributed by atoms with van der Waals surface area (Å²) >= 11 is 5.31. The molecular weight excluding hydrogens is 484 g/mol. The first-order valence-corrected chi connectivity index (χ1v) is 11.3. The van der Waals surface area contributed by atoms with Crippen molar-refractivity contribution >= 4 is 49.4 Å². The summed E-state index contributed by atoms with van der Waals surface area (Å²) in [7, 11) is 2.18. The maximum atomic E-state index is 9.10. The van der Waals surface area contributed by atoms with E-state index in [1.54, 1.807) is 11.3 Å². The summed E-state index contributed by atoms with van der Waals surface area (Å²) in [6, 6.07) is 16.7. The van der Waals surface area contributed by atoms with Crippen molar-refractivity contribution in [2.75, 3.05) is 26.7 Å². The topological polar surface area (TPSA) is 100.0 Å². The third-order valence-electron chi connectivity index (χ3n) is 4.86. The number of nitrogens with zero attached hydrogens (tertiary/aromatic N) is 2. The van der Waals surface area contributed by atoms with Crippen LogP contribution in [-0.2, 0) is 14.3 Å². The minimum atomic E-state index is -1.82. The van der Waals surface area contributed by atoms with Crippen LogP contribution in [0.25, 0.3) is 10.2 Å². The van der Waals surface area contributed by atoms with E-state index >= 15 is 0 Å². The van der Waals surface area contributed by atoms with Crippen LogP contribution >= 0.6 is 27.3 Å². The van der Waals surface area contributed by atoms with Crippen molar-refractivity contribution in [2.45, 2.75) is 12.5 Å². The molecule has 0 spiro atoms. The van der Waals surface area contributed by atoms with Gasteiger partial charge in [0, 0.05) is 11.0 Å². The molecule has 0 saturated carbocycles. The Kier molecular flexibility index (Phi) is 8.14. The van der Waals surface area contributed by atoms with E-state index in [0.717, 1.165) is 40.3 Å². The number of fused-ring (bicyclic) bond motifs is 1. The molecule has 1 fully saturated rings. The Morgan fingerprint density at radius 3 is 2.58 bits per heavy atom. The number of aromatic nitrogens is 1. The van der Waals surface area contributed by atoms with Gasteiger partial charge in [0.2, 0.25) is 0 Å². The average molecular weight is 507 g/mol. The molecule has 7 nitrogen and oxygen atoms in total. The second kappa shape index (κ2) is 10.8. The predicted octanol–water partition coefficient (Wildman–Crippen LogP) is 4.27. The summed E-state index contributed by atoms with van der Waals surface area (Å²) in [5, 5.41) is 15.8. The number of hydrogen-bond donors (Lipinski definition) is 2. The maximum absolute atomic E-state index is 9.10. The van der Waals surface area contributed by atoms with Crippen LogP contribution in [0.2, 0.25) is 0 Å². The van der Waals surface area contributed by atoms with Gasteiger partial charge in [-0.15, -0.1) is 11.3 Å². The number of aliphatic carboxylic acids is 2. The van der Waals surface area contributed by atoms with Crippen LogP contribution in [0.4, 0.5) is 0 Å². The van der Waals surface area contributed by atoms with Crippen LogP contribution in [0, 0.1) is 5.92 Å². The molecular formula is C22H23BrN2O5S. The van der Waals surface area contributed by atoms with Gasteiger partial charge in [-0.25, -0.2) is 14.6 Å². The first kappa shape index (κ1) is 23.3. The number of halogens is 1. The second-order valence-corrected chi connectivity index (χ2v) is 9.29. The lowest BCUT2D eigenvalue weighted by molar-refractivity contribution is -0.159. The first-order chi connectivity index (χ1) is 14.8. The molecule has 164 valence electrons. The van der Waals surface area contributed by atoms with Gasteiger partial charge >= 0.3 is 11.9 Å². The van der Waals surface area contributed by atoms with Gasteiger partial charge in [-0.05, 0) is 55.8 Å². The minimum Gasteiger partial charge on any atom is -0.473 e. The Morgan fingerprint density at radius 2 is 1.97 bits per heavy atom. The zero-order chi connectivity index (χ0) is 22.4. The van der Waals surface area contributed by atoms with Gasteiger partial charge in [-0.3, -0.25) is 0 Å². The SMILES string of the molecule is CN1CCC(COC(c2cccc(Br)c2)c2nc3ccccc3s2)C1.O=C(O)C(=O)O. The van der Waals surface area contributed by atoms with Crippen LogP contribution in [0.3, 0.4) is 0 Å². The van der Waals surface area contributed by atoms with E-state index in [0.29, 0.717) is 5.92 Å². The smallest absolute Gasteiger partial charge is 0.414 e. The molecule has 3 aromatic rings. The second-order valence-electron chi connectivity index (χ2n) is 7.32. The lowest BCUT2D eigenvalue weighted by Gasteiger charge is -2.19. The fourth-order valence-electron chi connectivity index (χ4n) is 3.38. The summed E-state index contributed by atoms with van der Waals surface area (Å²) < 4.78 is 8.71. The van der Waals surface area contributed by atoms with Crippen molar-refractivity contribution in [2.24, 2.45) is 5.92 Å². The first-order valence-electron chi connectivity index (χ1n) is 9.70. The molecule has 2 atom stereocenters. The maximum Gasteiger partial charge on any atom is 0.414 e. The Hall–Kier alpha value is -2.33. The van der Waals surface area contributed by atoms with Gasteiger partial charge in [0.15, 0.2) is 0 Å². The molecule has 4 rings (SSSR count).